The van der Waals surface area contributed by atoms with Crippen LogP contribution < -0.4 is 4.90 Å². The number of hydrogen-bond donors (Lipinski definition) is 0. The molecule has 31 heavy (non-hydrogen) atoms. The number of fused-ring (bicyclic) bond motifs is 2. The van der Waals surface area contributed by atoms with Crippen LogP contribution in [0.15, 0.2) is 66.9 Å². The second-order valence-electron chi connectivity index (χ2n) is 9.82. The molecule has 0 spiro atoms. The van der Waals surface area contributed by atoms with Crippen LogP contribution in [-0.4, -0.2) is 12.0 Å². The second kappa shape index (κ2) is 7.51. The molecule has 2 fully saturated rings. The smallest absolute Gasteiger partial charge is 0.0723 e. The van der Waals surface area contributed by atoms with Gasteiger partial charge in [0.2, 0.25) is 0 Å². The summed E-state index contributed by atoms with van der Waals surface area (Å²) in [5.74, 6) is 1.48. The average molecular weight is 409 g/mol. The van der Waals surface area contributed by atoms with Crippen molar-refractivity contribution in [1.82, 2.24) is 4.98 Å². The summed E-state index contributed by atoms with van der Waals surface area (Å²) in [6.45, 7) is 0. The van der Waals surface area contributed by atoms with E-state index in [1.807, 2.05) is 12.3 Å². The molecule has 0 radical (unpaired) electrons. The topological polar surface area (TPSA) is 16.1 Å². The van der Waals surface area contributed by atoms with Gasteiger partial charge in [0, 0.05) is 29.9 Å². The minimum atomic E-state index is 0.135. The van der Waals surface area contributed by atoms with Crippen molar-refractivity contribution in [3.8, 4) is 11.3 Å². The number of benzene rings is 2. The molecule has 0 atom stereocenters. The molecule has 1 aliphatic heterocycles. The van der Waals surface area contributed by atoms with Crippen molar-refractivity contribution >= 4 is 11.4 Å². The molecular formula is C29H32N2. The molecular weight excluding hydrogens is 376 g/mol. The van der Waals surface area contributed by atoms with Crippen LogP contribution in [0.3, 0.4) is 0 Å². The van der Waals surface area contributed by atoms with Gasteiger partial charge in [0.15, 0.2) is 0 Å². The van der Waals surface area contributed by atoms with Crippen LogP contribution in [0.4, 0.5) is 11.4 Å². The summed E-state index contributed by atoms with van der Waals surface area (Å²) in [6, 6.07) is 22.6. The van der Waals surface area contributed by atoms with Gasteiger partial charge in [0.25, 0.3) is 0 Å². The summed E-state index contributed by atoms with van der Waals surface area (Å²) in [4.78, 5) is 7.22. The van der Waals surface area contributed by atoms with Gasteiger partial charge in [0.1, 0.15) is 0 Å². The lowest BCUT2D eigenvalue weighted by molar-refractivity contribution is 0.216. The van der Waals surface area contributed by atoms with E-state index in [9.17, 15) is 0 Å². The first kappa shape index (κ1) is 19.1. The third-order valence-electron chi connectivity index (χ3n) is 8.47. The summed E-state index contributed by atoms with van der Waals surface area (Å²) in [5.41, 5.74) is 8.43. The molecule has 2 aromatic carbocycles. The van der Waals surface area contributed by atoms with Gasteiger partial charge in [-0.05, 0) is 66.8 Å². The van der Waals surface area contributed by atoms with E-state index in [1.165, 1.54) is 68.3 Å². The van der Waals surface area contributed by atoms with Gasteiger partial charge in [-0.25, -0.2) is 0 Å². The van der Waals surface area contributed by atoms with Crippen LogP contribution in [0.1, 0.15) is 62.5 Å². The molecule has 2 heterocycles. The number of para-hydroxylation sites is 2. The van der Waals surface area contributed by atoms with E-state index in [-0.39, 0.29) is 5.41 Å². The molecule has 0 bridgehead atoms. The minimum absolute atomic E-state index is 0.135. The van der Waals surface area contributed by atoms with E-state index in [0.717, 1.165) is 17.5 Å². The molecule has 0 N–H and O–H groups in total. The standard InChI is InChI=1S/C29H32N2/c1-31-27-19-7-6-16-24(27)29(21-11-2-3-12-21,22-13-4-5-14-22)25-17-10-15-23(28(25)31)26-18-8-9-20-30-26/h6-10,15-22H,2-5,11-14H2,1H3. The van der Waals surface area contributed by atoms with Crippen molar-refractivity contribution in [2.45, 2.75) is 56.8 Å². The Morgan fingerprint density at radius 1 is 0.742 bits per heavy atom. The van der Waals surface area contributed by atoms with Crippen LogP contribution >= 0.6 is 0 Å². The number of nitrogens with zero attached hydrogens (tertiary/aromatic N) is 2. The third kappa shape index (κ3) is 2.73. The molecule has 6 rings (SSSR count). The molecule has 2 saturated carbocycles. The Labute approximate surface area is 186 Å². The van der Waals surface area contributed by atoms with Crippen LogP contribution in [-0.2, 0) is 5.41 Å². The van der Waals surface area contributed by atoms with Gasteiger partial charge in [-0.3, -0.25) is 4.98 Å². The SMILES string of the molecule is CN1c2ccccc2C(C2CCCC2)(C2CCCC2)c2cccc(-c3ccccn3)c21. The molecule has 0 unspecified atom stereocenters. The fourth-order valence-electron chi connectivity index (χ4n) is 7.32. The van der Waals surface area contributed by atoms with Crippen molar-refractivity contribution in [3.05, 3.63) is 78.0 Å². The van der Waals surface area contributed by atoms with Crippen LogP contribution in [0.25, 0.3) is 11.3 Å². The van der Waals surface area contributed by atoms with Gasteiger partial charge in [-0.2, -0.15) is 0 Å². The van der Waals surface area contributed by atoms with Gasteiger partial charge in [-0.1, -0.05) is 68.1 Å². The second-order valence-corrected chi connectivity index (χ2v) is 9.82. The van der Waals surface area contributed by atoms with Gasteiger partial charge >= 0.3 is 0 Å². The summed E-state index contributed by atoms with van der Waals surface area (Å²) in [6.07, 6.45) is 12.9. The Morgan fingerprint density at radius 2 is 1.39 bits per heavy atom. The normalized spacial score (nSPS) is 20.6. The fraction of sp³-hybridized carbons (Fsp3) is 0.414. The van der Waals surface area contributed by atoms with Crippen LogP contribution in [0.5, 0.6) is 0 Å². The summed E-state index contributed by atoms with van der Waals surface area (Å²) < 4.78 is 0. The maximum absolute atomic E-state index is 4.76. The maximum Gasteiger partial charge on any atom is 0.0723 e. The zero-order valence-corrected chi connectivity index (χ0v) is 18.6. The highest BCUT2D eigenvalue weighted by Crippen LogP contribution is 2.62. The summed E-state index contributed by atoms with van der Waals surface area (Å²) >= 11 is 0. The highest BCUT2D eigenvalue weighted by Gasteiger charge is 2.53. The predicted molar refractivity (Wildman–Crippen MR) is 129 cm³/mol. The maximum atomic E-state index is 4.76. The molecule has 2 heteroatoms. The van der Waals surface area contributed by atoms with Crippen LogP contribution in [0.2, 0.25) is 0 Å². The zero-order valence-electron chi connectivity index (χ0n) is 18.6. The van der Waals surface area contributed by atoms with E-state index in [2.05, 4.69) is 66.5 Å². The quantitative estimate of drug-likeness (QED) is 0.446. The predicted octanol–water partition coefficient (Wildman–Crippen LogP) is 7.50. The molecule has 3 aliphatic rings. The van der Waals surface area contributed by atoms with Crippen molar-refractivity contribution < 1.29 is 0 Å². The first-order chi connectivity index (χ1) is 15.3. The first-order valence-electron chi connectivity index (χ1n) is 12.2. The van der Waals surface area contributed by atoms with Crippen molar-refractivity contribution in [1.29, 1.82) is 0 Å². The largest absolute Gasteiger partial charge is 0.344 e. The summed E-state index contributed by atoms with van der Waals surface area (Å²) in [5, 5.41) is 0. The number of anilines is 2. The minimum Gasteiger partial charge on any atom is -0.344 e. The lowest BCUT2D eigenvalue weighted by Crippen LogP contribution is -2.46. The number of rotatable bonds is 3. The Balaban J connectivity index is 1.69. The highest BCUT2D eigenvalue weighted by atomic mass is 15.1. The van der Waals surface area contributed by atoms with E-state index in [4.69, 9.17) is 4.98 Å². The molecule has 158 valence electrons. The van der Waals surface area contributed by atoms with E-state index < -0.39 is 0 Å². The van der Waals surface area contributed by atoms with Crippen molar-refractivity contribution in [2.24, 2.45) is 11.8 Å². The van der Waals surface area contributed by atoms with E-state index in [1.54, 1.807) is 11.1 Å². The highest BCUT2D eigenvalue weighted by molar-refractivity contribution is 5.88. The van der Waals surface area contributed by atoms with Crippen molar-refractivity contribution in [3.63, 3.8) is 0 Å². The fourth-order valence-corrected chi connectivity index (χ4v) is 7.32. The van der Waals surface area contributed by atoms with Gasteiger partial charge in [0.05, 0.1) is 11.4 Å². The van der Waals surface area contributed by atoms with E-state index >= 15 is 0 Å². The Kier molecular flexibility index (Phi) is 4.63. The lowest BCUT2D eigenvalue weighted by atomic mass is 9.55. The number of pyridine rings is 1. The molecule has 0 amide bonds. The monoisotopic (exact) mass is 408 g/mol. The Hall–Kier alpha value is -2.61. The number of hydrogen-bond acceptors (Lipinski definition) is 2. The average Bonchev–Trinajstić information content (AvgIpc) is 3.55. The van der Waals surface area contributed by atoms with Crippen LogP contribution in [0, 0.1) is 11.8 Å². The van der Waals surface area contributed by atoms with Gasteiger partial charge < -0.3 is 4.90 Å². The Morgan fingerprint density at radius 3 is 2.06 bits per heavy atom. The molecule has 2 nitrogen and oxygen atoms in total. The number of aromatic nitrogens is 1. The molecule has 2 aliphatic carbocycles. The van der Waals surface area contributed by atoms with Crippen molar-refractivity contribution in [2.75, 3.05) is 11.9 Å². The lowest BCUT2D eigenvalue weighted by Gasteiger charge is -2.52. The van der Waals surface area contributed by atoms with E-state index in [0.29, 0.717) is 0 Å². The Bertz CT molecular complexity index is 1060. The summed E-state index contributed by atoms with van der Waals surface area (Å²) in [7, 11) is 2.26. The first-order valence-corrected chi connectivity index (χ1v) is 12.2. The molecule has 0 saturated heterocycles. The van der Waals surface area contributed by atoms with Gasteiger partial charge in [-0.15, -0.1) is 0 Å². The third-order valence-corrected chi connectivity index (χ3v) is 8.47. The zero-order chi connectivity index (χ0) is 20.8. The molecule has 1 aromatic heterocycles. The molecule has 3 aromatic rings.